The lowest BCUT2D eigenvalue weighted by Crippen LogP contribution is -2.29. The lowest BCUT2D eigenvalue weighted by molar-refractivity contribution is -0.141. The molecule has 0 saturated heterocycles. The third-order valence-electron chi connectivity index (χ3n) is 1.80. The van der Waals surface area contributed by atoms with Crippen LogP contribution in [0.25, 0.3) is 0 Å². The molecular weight excluding hydrogens is 216 g/mol. The van der Waals surface area contributed by atoms with E-state index in [0.29, 0.717) is 6.08 Å². The molecule has 0 aromatic heterocycles. The van der Waals surface area contributed by atoms with Crippen molar-refractivity contribution in [3.63, 3.8) is 0 Å². The number of hydrogen-bond donors (Lipinski definition) is 4. The molecule has 0 aliphatic rings. The largest absolute Gasteiger partial charge is 0.503 e. The van der Waals surface area contributed by atoms with Crippen LogP contribution in [0.5, 0.6) is 0 Å². The number of carbonyl (C=O) groups is 3. The van der Waals surface area contributed by atoms with Crippen LogP contribution >= 0.6 is 0 Å². The van der Waals surface area contributed by atoms with E-state index in [9.17, 15) is 14.4 Å². The fourth-order valence-electron chi connectivity index (χ4n) is 0.817. The van der Waals surface area contributed by atoms with Gasteiger partial charge in [-0.1, -0.05) is 6.92 Å². The number of carbonyl (C=O) groups excluding carboxylic acids is 2. The molecule has 0 unspecified atom stereocenters. The zero-order valence-corrected chi connectivity index (χ0v) is 8.77. The molecule has 0 bridgehead atoms. The first-order valence-corrected chi connectivity index (χ1v) is 4.55. The van der Waals surface area contributed by atoms with Crippen molar-refractivity contribution in [2.75, 3.05) is 6.54 Å². The summed E-state index contributed by atoms with van der Waals surface area (Å²) in [6.07, 6.45) is 0.806. The van der Waals surface area contributed by atoms with E-state index in [1.807, 2.05) is 0 Å². The number of nitrogens with one attached hydrogen (secondary N) is 1. The average molecular weight is 230 g/mol. The third kappa shape index (κ3) is 5.63. The molecule has 0 aromatic carbocycles. The topological polar surface area (TPSA) is 130 Å². The van der Waals surface area contributed by atoms with Gasteiger partial charge in [-0.15, -0.1) is 0 Å². The van der Waals surface area contributed by atoms with E-state index in [1.54, 1.807) is 0 Å². The van der Waals surface area contributed by atoms with Gasteiger partial charge in [0.2, 0.25) is 5.91 Å². The lowest BCUT2D eigenvalue weighted by Gasteiger charge is -2.07. The maximum Gasteiger partial charge on any atom is 0.306 e. The highest BCUT2D eigenvalue weighted by Crippen LogP contribution is 1.99. The maximum atomic E-state index is 11.0. The van der Waals surface area contributed by atoms with Gasteiger partial charge in [0.25, 0.3) is 5.91 Å². The van der Waals surface area contributed by atoms with Crippen molar-refractivity contribution < 1.29 is 24.6 Å². The lowest BCUT2D eigenvalue weighted by atomic mass is 10.1. The van der Waals surface area contributed by atoms with Crippen molar-refractivity contribution in [3.8, 4) is 0 Å². The fraction of sp³-hybridized carbons (Fsp3) is 0.444. The molecule has 0 saturated carbocycles. The van der Waals surface area contributed by atoms with Gasteiger partial charge >= 0.3 is 5.97 Å². The Morgan fingerprint density at radius 3 is 2.38 bits per heavy atom. The first-order valence-electron chi connectivity index (χ1n) is 4.55. The molecule has 0 aromatic rings. The van der Waals surface area contributed by atoms with Crippen molar-refractivity contribution in [2.24, 2.45) is 11.7 Å². The summed E-state index contributed by atoms with van der Waals surface area (Å²) < 4.78 is 0. The Labute approximate surface area is 91.9 Å². The highest BCUT2D eigenvalue weighted by Gasteiger charge is 2.12. The van der Waals surface area contributed by atoms with E-state index >= 15 is 0 Å². The van der Waals surface area contributed by atoms with Gasteiger partial charge in [0.05, 0.1) is 12.0 Å². The zero-order valence-electron chi connectivity index (χ0n) is 8.77. The molecule has 0 aliphatic heterocycles. The van der Waals surface area contributed by atoms with Crippen molar-refractivity contribution in [1.29, 1.82) is 0 Å². The van der Waals surface area contributed by atoms with Crippen LogP contribution < -0.4 is 11.1 Å². The summed E-state index contributed by atoms with van der Waals surface area (Å²) in [4.78, 5) is 31.8. The Hall–Kier alpha value is -2.05. The Bertz CT molecular complexity index is 324. The molecule has 7 heteroatoms. The molecule has 0 radical (unpaired) electrons. The molecule has 0 heterocycles. The number of aliphatic hydroxyl groups excluding tert-OH is 1. The summed E-state index contributed by atoms with van der Waals surface area (Å²) in [7, 11) is 0. The van der Waals surface area contributed by atoms with E-state index in [4.69, 9.17) is 15.9 Å². The number of carboxylic acid groups (broad SMARTS) is 1. The summed E-state index contributed by atoms with van der Waals surface area (Å²) in [5.74, 6) is -4.16. The van der Waals surface area contributed by atoms with Crippen LogP contribution in [-0.4, -0.2) is 34.5 Å². The van der Waals surface area contributed by atoms with Crippen LogP contribution in [0.4, 0.5) is 0 Å². The second-order valence-electron chi connectivity index (χ2n) is 3.22. The highest BCUT2D eigenvalue weighted by molar-refractivity contribution is 5.98. The Morgan fingerprint density at radius 2 is 1.94 bits per heavy atom. The molecule has 0 aliphatic carbocycles. The van der Waals surface area contributed by atoms with E-state index < -0.39 is 29.5 Å². The second kappa shape index (κ2) is 6.44. The Kier molecular flexibility index (Phi) is 5.61. The number of aliphatic hydroxyl groups is 1. The van der Waals surface area contributed by atoms with E-state index in [2.05, 4.69) is 5.32 Å². The van der Waals surface area contributed by atoms with Crippen molar-refractivity contribution >= 4 is 17.8 Å². The first-order chi connectivity index (χ1) is 7.34. The summed E-state index contributed by atoms with van der Waals surface area (Å²) in [5.41, 5.74) is 4.71. The van der Waals surface area contributed by atoms with Crippen molar-refractivity contribution in [2.45, 2.75) is 13.3 Å². The minimum Gasteiger partial charge on any atom is -0.503 e. The molecule has 2 amide bonds. The van der Waals surface area contributed by atoms with Crippen LogP contribution in [0, 0.1) is 5.92 Å². The molecule has 5 N–H and O–H groups in total. The van der Waals surface area contributed by atoms with Crippen LogP contribution in [0.15, 0.2) is 11.8 Å². The zero-order chi connectivity index (χ0) is 12.7. The highest BCUT2D eigenvalue weighted by atomic mass is 16.4. The van der Waals surface area contributed by atoms with Gasteiger partial charge in [-0.05, 0) is 6.42 Å². The second-order valence-corrected chi connectivity index (χ2v) is 3.22. The van der Waals surface area contributed by atoms with Gasteiger partial charge in [-0.2, -0.15) is 0 Å². The summed E-state index contributed by atoms with van der Waals surface area (Å²) in [6.45, 7) is 1.58. The minimum absolute atomic E-state index is 0.0863. The van der Waals surface area contributed by atoms with Gasteiger partial charge in [0, 0.05) is 6.54 Å². The van der Waals surface area contributed by atoms with Gasteiger partial charge in [-0.25, -0.2) is 0 Å². The minimum atomic E-state index is -0.967. The smallest absolute Gasteiger partial charge is 0.306 e. The van der Waals surface area contributed by atoms with Gasteiger partial charge in [0.15, 0.2) is 5.76 Å². The number of hydrogen-bond acceptors (Lipinski definition) is 4. The van der Waals surface area contributed by atoms with Crippen molar-refractivity contribution in [3.05, 3.63) is 11.8 Å². The van der Waals surface area contributed by atoms with E-state index in [-0.39, 0.29) is 13.0 Å². The van der Waals surface area contributed by atoms with Gasteiger partial charge in [0.1, 0.15) is 0 Å². The van der Waals surface area contributed by atoms with Crippen LogP contribution in [-0.2, 0) is 14.4 Å². The Balaban J connectivity index is 4.00. The predicted molar refractivity (Wildman–Crippen MR) is 54.3 cm³/mol. The number of carboxylic acids is 1. The van der Waals surface area contributed by atoms with Gasteiger partial charge < -0.3 is 21.3 Å². The quantitative estimate of drug-likeness (QED) is 0.348. The van der Waals surface area contributed by atoms with Crippen molar-refractivity contribution in [1.82, 2.24) is 5.32 Å². The number of aliphatic carboxylic acids is 1. The molecule has 0 fully saturated rings. The summed E-state index contributed by atoms with van der Waals surface area (Å²) >= 11 is 0. The summed E-state index contributed by atoms with van der Waals surface area (Å²) in [6, 6.07) is 0. The van der Waals surface area contributed by atoms with Crippen LogP contribution in [0.3, 0.4) is 0 Å². The standard InChI is InChI=1S/C9H14N2O5/c1-5(9(15)16)2-3-11-8(14)6(12)4-7(10)13/h4-5,12H,2-3H2,1H3,(H2,10,13)(H,11,14)(H,15,16)/b6-4-/t5-/m1/s1. The maximum absolute atomic E-state index is 11.0. The van der Waals surface area contributed by atoms with E-state index in [1.165, 1.54) is 6.92 Å². The van der Waals surface area contributed by atoms with Crippen LogP contribution in [0.2, 0.25) is 0 Å². The molecule has 0 spiro atoms. The molecule has 0 rings (SSSR count). The summed E-state index contributed by atoms with van der Waals surface area (Å²) in [5, 5.41) is 19.8. The monoisotopic (exact) mass is 230 g/mol. The van der Waals surface area contributed by atoms with E-state index in [0.717, 1.165) is 0 Å². The van der Waals surface area contributed by atoms with Gasteiger partial charge in [-0.3, -0.25) is 14.4 Å². The molecular formula is C9H14N2O5. The number of nitrogens with two attached hydrogens (primary N) is 1. The SMILES string of the molecule is C[C@H](CCNC(=O)/C(O)=C/C(N)=O)C(=O)O. The normalized spacial score (nSPS) is 12.9. The average Bonchev–Trinajstić information content (AvgIpc) is 2.15. The molecule has 90 valence electrons. The Morgan fingerprint density at radius 1 is 1.38 bits per heavy atom. The molecule has 1 atom stereocenters. The van der Waals surface area contributed by atoms with Crippen LogP contribution in [0.1, 0.15) is 13.3 Å². The first kappa shape index (κ1) is 13.9. The number of rotatable bonds is 6. The fourth-order valence-corrected chi connectivity index (χ4v) is 0.817. The molecule has 16 heavy (non-hydrogen) atoms. The molecule has 7 nitrogen and oxygen atoms in total. The number of primary amides is 1. The predicted octanol–water partition coefficient (Wildman–Crippen LogP) is -0.859. The third-order valence-corrected chi connectivity index (χ3v) is 1.80. The number of amides is 2.